The van der Waals surface area contributed by atoms with Crippen molar-refractivity contribution in [3.05, 3.63) is 48.2 Å². The zero-order valence-corrected chi connectivity index (χ0v) is 11.4. The fraction of sp³-hybridized carbons (Fsp3) is 0.250. The first-order chi connectivity index (χ1) is 9.70. The Kier molecular flexibility index (Phi) is 4.71. The number of hydrogen-bond donors (Lipinski definition) is 1. The van der Waals surface area contributed by atoms with E-state index in [1.807, 2.05) is 12.1 Å². The third kappa shape index (κ3) is 3.57. The Morgan fingerprint density at radius 1 is 1.15 bits per heavy atom. The van der Waals surface area contributed by atoms with Crippen LogP contribution in [0.15, 0.2) is 42.6 Å². The highest BCUT2D eigenvalue weighted by Gasteiger charge is 2.04. The molecule has 104 valence electrons. The highest BCUT2D eigenvalue weighted by molar-refractivity contribution is 5.88. The van der Waals surface area contributed by atoms with Crippen molar-refractivity contribution in [2.45, 2.75) is 19.8 Å². The number of rotatable bonds is 6. The molecule has 1 aromatic heterocycles. The monoisotopic (exact) mass is 271 g/mol. The quantitative estimate of drug-likeness (QED) is 0.815. The molecule has 0 saturated carbocycles. The molecule has 0 aliphatic rings. The van der Waals surface area contributed by atoms with Crippen LogP contribution in [0.4, 0.5) is 0 Å². The lowest BCUT2D eigenvalue weighted by atomic mass is 10.1. The maximum atomic E-state index is 10.8. The maximum absolute atomic E-state index is 10.8. The standard InChI is InChI=1S/C16H17NO3/c1-2-3-10-20-15-9-8-14(11-17-15)12-4-6-13(7-5-12)16(18)19/h4-9,11H,2-3,10H2,1H3,(H,18,19). The molecule has 0 radical (unpaired) electrons. The molecule has 0 aliphatic carbocycles. The number of ether oxygens (including phenoxy) is 1. The molecule has 2 rings (SSSR count). The third-order valence-electron chi connectivity index (χ3n) is 2.95. The molecule has 0 unspecified atom stereocenters. The number of carboxylic acid groups (broad SMARTS) is 1. The minimum absolute atomic E-state index is 0.279. The normalized spacial score (nSPS) is 10.2. The van der Waals surface area contributed by atoms with Crippen molar-refractivity contribution >= 4 is 5.97 Å². The van der Waals surface area contributed by atoms with Crippen LogP contribution in [0.2, 0.25) is 0 Å². The average Bonchev–Trinajstić information content (AvgIpc) is 2.48. The number of benzene rings is 1. The van der Waals surface area contributed by atoms with E-state index in [4.69, 9.17) is 9.84 Å². The fourth-order valence-electron chi connectivity index (χ4n) is 1.76. The Balaban J connectivity index is 2.07. The van der Waals surface area contributed by atoms with Crippen LogP contribution in [0.1, 0.15) is 30.1 Å². The summed E-state index contributed by atoms with van der Waals surface area (Å²) in [6.45, 7) is 2.79. The summed E-state index contributed by atoms with van der Waals surface area (Å²) in [5, 5.41) is 8.86. The van der Waals surface area contributed by atoms with Gasteiger partial charge in [0.2, 0.25) is 5.88 Å². The highest BCUT2D eigenvalue weighted by atomic mass is 16.5. The number of hydrogen-bond acceptors (Lipinski definition) is 3. The van der Waals surface area contributed by atoms with Crippen LogP contribution in [0, 0.1) is 0 Å². The molecule has 2 aromatic rings. The van der Waals surface area contributed by atoms with Gasteiger partial charge in [-0.25, -0.2) is 9.78 Å². The Morgan fingerprint density at radius 3 is 2.40 bits per heavy atom. The van der Waals surface area contributed by atoms with Gasteiger partial charge in [-0.2, -0.15) is 0 Å². The largest absolute Gasteiger partial charge is 0.478 e. The molecule has 20 heavy (non-hydrogen) atoms. The number of aromatic nitrogens is 1. The second kappa shape index (κ2) is 6.70. The van der Waals surface area contributed by atoms with Crippen molar-refractivity contribution in [3.63, 3.8) is 0 Å². The van der Waals surface area contributed by atoms with Gasteiger partial charge in [0.15, 0.2) is 0 Å². The molecule has 0 amide bonds. The van der Waals surface area contributed by atoms with E-state index in [2.05, 4.69) is 11.9 Å². The summed E-state index contributed by atoms with van der Waals surface area (Å²) in [6.07, 6.45) is 3.84. The lowest BCUT2D eigenvalue weighted by Crippen LogP contribution is -1.98. The van der Waals surface area contributed by atoms with Gasteiger partial charge in [-0.3, -0.25) is 0 Å². The van der Waals surface area contributed by atoms with Crippen molar-refractivity contribution < 1.29 is 14.6 Å². The smallest absolute Gasteiger partial charge is 0.335 e. The highest BCUT2D eigenvalue weighted by Crippen LogP contribution is 2.21. The lowest BCUT2D eigenvalue weighted by molar-refractivity contribution is 0.0697. The molecular formula is C16H17NO3. The van der Waals surface area contributed by atoms with Crippen molar-refractivity contribution in [2.24, 2.45) is 0 Å². The molecule has 0 fully saturated rings. The van der Waals surface area contributed by atoms with Crippen LogP contribution in [0.3, 0.4) is 0 Å². The van der Waals surface area contributed by atoms with E-state index < -0.39 is 5.97 Å². The predicted octanol–water partition coefficient (Wildman–Crippen LogP) is 3.63. The molecule has 0 aliphatic heterocycles. The summed E-state index contributed by atoms with van der Waals surface area (Å²) in [6, 6.07) is 10.5. The lowest BCUT2D eigenvalue weighted by Gasteiger charge is -2.06. The molecule has 4 nitrogen and oxygen atoms in total. The SMILES string of the molecule is CCCCOc1ccc(-c2ccc(C(=O)O)cc2)cn1. The van der Waals surface area contributed by atoms with E-state index >= 15 is 0 Å². The summed E-state index contributed by atoms with van der Waals surface area (Å²) in [4.78, 5) is 15.0. The average molecular weight is 271 g/mol. The first-order valence-corrected chi connectivity index (χ1v) is 6.63. The van der Waals surface area contributed by atoms with Gasteiger partial charge in [0, 0.05) is 17.8 Å². The van der Waals surface area contributed by atoms with E-state index in [0.29, 0.717) is 12.5 Å². The van der Waals surface area contributed by atoms with Gasteiger partial charge in [-0.15, -0.1) is 0 Å². The zero-order chi connectivity index (χ0) is 14.4. The first-order valence-electron chi connectivity index (χ1n) is 6.63. The minimum Gasteiger partial charge on any atom is -0.478 e. The number of nitrogens with zero attached hydrogens (tertiary/aromatic N) is 1. The van der Waals surface area contributed by atoms with Crippen LogP contribution >= 0.6 is 0 Å². The summed E-state index contributed by atoms with van der Waals surface area (Å²) in [5.74, 6) is -0.307. The van der Waals surface area contributed by atoms with Gasteiger partial charge in [-0.1, -0.05) is 25.5 Å². The van der Waals surface area contributed by atoms with Crippen LogP contribution in [-0.2, 0) is 0 Å². The molecule has 4 heteroatoms. The van der Waals surface area contributed by atoms with E-state index in [1.54, 1.807) is 30.5 Å². The molecule has 1 N–H and O–H groups in total. The minimum atomic E-state index is -0.922. The first kappa shape index (κ1) is 14.1. The Labute approximate surface area is 118 Å². The Hall–Kier alpha value is -2.36. The number of carbonyl (C=O) groups is 1. The topological polar surface area (TPSA) is 59.4 Å². The third-order valence-corrected chi connectivity index (χ3v) is 2.95. The van der Waals surface area contributed by atoms with Crippen molar-refractivity contribution in [1.29, 1.82) is 0 Å². The van der Waals surface area contributed by atoms with Gasteiger partial charge in [0.25, 0.3) is 0 Å². The maximum Gasteiger partial charge on any atom is 0.335 e. The molecule has 0 bridgehead atoms. The van der Waals surface area contributed by atoms with Crippen LogP contribution in [0.5, 0.6) is 5.88 Å². The van der Waals surface area contributed by atoms with Crippen molar-refractivity contribution in [1.82, 2.24) is 4.98 Å². The van der Waals surface area contributed by atoms with Gasteiger partial charge in [0.05, 0.1) is 12.2 Å². The second-order valence-electron chi connectivity index (χ2n) is 4.47. The van der Waals surface area contributed by atoms with Crippen LogP contribution in [-0.4, -0.2) is 22.7 Å². The van der Waals surface area contributed by atoms with E-state index in [9.17, 15) is 4.79 Å². The number of carboxylic acids is 1. The van der Waals surface area contributed by atoms with Gasteiger partial charge in [-0.05, 0) is 30.2 Å². The van der Waals surface area contributed by atoms with E-state index in [1.165, 1.54) is 0 Å². The Morgan fingerprint density at radius 2 is 1.85 bits per heavy atom. The Bertz CT molecular complexity index is 561. The molecular weight excluding hydrogens is 254 g/mol. The fourth-order valence-corrected chi connectivity index (χ4v) is 1.76. The molecule has 1 aromatic carbocycles. The number of aromatic carboxylic acids is 1. The van der Waals surface area contributed by atoms with E-state index in [0.717, 1.165) is 24.0 Å². The van der Waals surface area contributed by atoms with Crippen LogP contribution in [0.25, 0.3) is 11.1 Å². The van der Waals surface area contributed by atoms with Gasteiger partial charge in [0.1, 0.15) is 0 Å². The van der Waals surface area contributed by atoms with Crippen LogP contribution < -0.4 is 4.74 Å². The van der Waals surface area contributed by atoms with E-state index in [-0.39, 0.29) is 5.56 Å². The summed E-state index contributed by atoms with van der Waals surface area (Å²) >= 11 is 0. The van der Waals surface area contributed by atoms with Crippen molar-refractivity contribution in [3.8, 4) is 17.0 Å². The molecule has 0 atom stereocenters. The summed E-state index contributed by atoms with van der Waals surface area (Å²) in [5.41, 5.74) is 2.15. The molecule has 1 heterocycles. The second-order valence-corrected chi connectivity index (χ2v) is 4.47. The van der Waals surface area contributed by atoms with Crippen molar-refractivity contribution in [2.75, 3.05) is 6.61 Å². The summed E-state index contributed by atoms with van der Waals surface area (Å²) in [7, 11) is 0. The number of pyridine rings is 1. The molecule has 0 saturated heterocycles. The van der Waals surface area contributed by atoms with Gasteiger partial charge >= 0.3 is 5.97 Å². The van der Waals surface area contributed by atoms with Gasteiger partial charge < -0.3 is 9.84 Å². The number of unbranched alkanes of at least 4 members (excludes halogenated alkanes) is 1. The summed E-state index contributed by atoms with van der Waals surface area (Å²) < 4.78 is 5.50. The zero-order valence-electron chi connectivity index (χ0n) is 11.4. The predicted molar refractivity (Wildman–Crippen MR) is 77.0 cm³/mol. The molecule has 0 spiro atoms.